The number of nitrogens with zero attached hydrogens (tertiary/aromatic N) is 4. The lowest BCUT2D eigenvalue weighted by Gasteiger charge is -2.17. The summed E-state index contributed by atoms with van der Waals surface area (Å²) < 4.78 is 0. The molecule has 0 aliphatic rings. The van der Waals surface area contributed by atoms with E-state index >= 15 is 0 Å². The van der Waals surface area contributed by atoms with E-state index < -0.39 is 0 Å². The number of amidine groups is 1. The summed E-state index contributed by atoms with van der Waals surface area (Å²) in [4.78, 5) is 10.5. The predicted molar refractivity (Wildman–Crippen MR) is 70.9 cm³/mol. The van der Waals surface area contributed by atoms with Gasteiger partial charge in [0.25, 0.3) is 0 Å². The molecule has 0 saturated heterocycles. The van der Waals surface area contributed by atoms with Crippen LogP contribution in [0.15, 0.2) is 11.2 Å². The van der Waals surface area contributed by atoms with Gasteiger partial charge in [0.05, 0.1) is 0 Å². The molecule has 0 aliphatic carbocycles. The first-order valence-electron chi connectivity index (χ1n) is 5.12. The van der Waals surface area contributed by atoms with Crippen LogP contribution in [0.5, 0.6) is 0 Å². The Labute approximate surface area is 105 Å². The van der Waals surface area contributed by atoms with Crippen LogP contribution >= 0.6 is 11.8 Å². The average molecular weight is 255 g/mol. The first kappa shape index (κ1) is 13.6. The van der Waals surface area contributed by atoms with Crippen molar-refractivity contribution in [3.05, 3.63) is 17.5 Å². The van der Waals surface area contributed by atoms with Crippen molar-refractivity contribution in [2.75, 3.05) is 30.5 Å². The van der Waals surface area contributed by atoms with Crippen molar-refractivity contribution in [2.24, 2.45) is 10.9 Å². The van der Waals surface area contributed by atoms with Crippen molar-refractivity contribution >= 4 is 23.5 Å². The highest BCUT2D eigenvalue weighted by molar-refractivity contribution is 7.98. The number of rotatable bonds is 5. The van der Waals surface area contributed by atoms with Crippen LogP contribution in [0.3, 0.4) is 0 Å². The Kier molecular flexibility index (Phi) is 5.02. The average Bonchev–Trinajstić information content (AvgIpc) is 2.34. The summed E-state index contributed by atoms with van der Waals surface area (Å²) >= 11 is 1.76. The van der Waals surface area contributed by atoms with Crippen LogP contribution in [0.2, 0.25) is 0 Å². The van der Waals surface area contributed by atoms with Crippen LogP contribution in [0.4, 0.5) is 5.95 Å². The molecule has 0 spiro atoms. The molecule has 1 rings (SSSR count). The van der Waals surface area contributed by atoms with Gasteiger partial charge in [0.15, 0.2) is 5.84 Å². The minimum absolute atomic E-state index is 0.00461. The van der Waals surface area contributed by atoms with E-state index in [0.717, 1.165) is 18.0 Å². The van der Waals surface area contributed by atoms with Crippen LogP contribution in [-0.4, -0.2) is 46.6 Å². The fraction of sp³-hybridized carbons (Fsp3) is 0.500. The Balaban J connectivity index is 2.96. The highest BCUT2D eigenvalue weighted by Gasteiger charge is 2.09. The zero-order valence-electron chi connectivity index (χ0n) is 10.2. The van der Waals surface area contributed by atoms with Crippen LogP contribution < -0.4 is 10.6 Å². The van der Waals surface area contributed by atoms with Crippen molar-refractivity contribution in [3.8, 4) is 0 Å². The Morgan fingerprint density at radius 2 is 2.29 bits per heavy atom. The SMILES string of the molecule is CSCCN(C)c1nc(C)cc(/C(N)=N/O)n1. The van der Waals surface area contributed by atoms with Gasteiger partial charge in [-0.05, 0) is 19.2 Å². The van der Waals surface area contributed by atoms with Crippen LogP contribution in [0, 0.1) is 6.92 Å². The summed E-state index contributed by atoms with van der Waals surface area (Å²) in [6.07, 6.45) is 2.05. The molecule has 0 bridgehead atoms. The molecule has 6 nitrogen and oxygen atoms in total. The van der Waals surface area contributed by atoms with Gasteiger partial charge in [-0.1, -0.05) is 5.16 Å². The number of oxime groups is 1. The normalized spacial score (nSPS) is 11.6. The molecule has 17 heavy (non-hydrogen) atoms. The summed E-state index contributed by atoms with van der Waals surface area (Å²) in [5, 5.41) is 11.6. The summed E-state index contributed by atoms with van der Waals surface area (Å²) in [6.45, 7) is 2.70. The third-order valence-corrected chi connectivity index (χ3v) is 2.78. The van der Waals surface area contributed by atoms with Gasteiger partial charge < -0.3 is 15.8 Å². The molecule has 1 aromatic rings. The van der Waals surface area contributed by atoms with Crippen molar-refractivity contribution in [1.29, 1.82) is 0 Å². The fourth-order valence-electron chi connectivity index (χ4n) is 1.23. The molecule has 1 aromatic heterocycles. The topological polar surface area (TPSA) is 87.6 Å². The monoisotopic (exact) mass is 255 g/mol. The predicted octanol–water partition coefficient (Wildman–Crippen LogP) is 0.679. The maximum Gasteiger partial charge on any atom is 0.225 e. The molecule has 3 N–H and O–H groups in total. The third kappa shape index (κ3) is 3.77. The van der Waals surface area contributed by atoms with Gasteiger partial charge in [-0.15, -0.1) is 0 Å². The molecule has 0 unspecified atom stereocenters. The highest BCUT2D eigenvalue weighted by atomic mass is 32.2. The number of thioether (sulfide) groups is 1. The number of hydrogen-bond acceptors (Lipinski definition) is 6. The van der Waals surface area contributed by atoms with E-state index in [0.29, 0.717) is 11.6 Å². The third-order valence-electron chi connectivity index (χ3n) is 2.18. The van der Waals surface area contributed by atoms with Gasteiger partial charge in [-0.3, -0.25) is 0 Å². The second-order valence-electron chi connectivity index (χ2n) is 3.59. The highest BCUT2D eigenvalue weighted by Crippen LogP contribution is 2.09. The Bertz CT molecular complexity index is 410. The molecule has 0 aromatic carbocycles. The maximum atomic E-state index is 8.64. The molecule has 0 amide bonds. The van der Waals surface area contributed by atoms with E-state index in [2.05, 4.69) is 15.1 Å². The number of aryl methyl sites for hydroxylation is 1. The van der Waals surface area contributed by atoms with Gasteiger partial charge in [0.1, 0.15) is 5.69 Å². The quantitative estimate of drug-likeness (QED) is 0.348. The number of nitrogens with two attached hydrogens (primary N) is 1. The molecular formula is C10H17N5OS. The fourth-order valence-corrected chi connectivity index (χ4v) is 1.69. The van der Waals surface area contributed by atoms with E-state index in [-0.39, 0.29) is 5.84 Å². The van der Waals surface area contributed by atoms with Crippen molar-refractivity contribution in [3.63, 3.8) is 0 Å². The van der Waals surface area contributed by atoms with Gasteiger partial charge in [-0.25, -0.2) is 9.97 Å². The van der Waals surface area contributed by atoms with Crippen LogP contribution in [0.25, 0.3) is 0 Å². The zero-order valence-corrected chi connectivity index (χ0v) is 11.0. The number of hydrogen-bond donors (Lipinski definition) is 2. The molecule has 0 saturated carbocycles. The molecule has 94 valence electrons. The maximum absolute atomic E-state index is 8.64. The molecule has 0 fully saturated rings. The van der Waals surface area contributed by atoms with Crippen LogP contribution in [-0.2, 0) is 0 Å². The lowest BCUT2D eigenvalue weighted by molar-refractivity contribution is 0.318. The first-order chi connectivity index (χ1) is 8.08. The number of anilines is 1. The smallest absolute Gasteiger partial charge is 0.225 e. The first-order valence-corrected chi connectivity index (χ1v) is 6.51. The minimum Gasteiger partial charge on any atom is -0.409 e. The lowest BCUT2D eigenvalue weighted by Crippen LogP contribution is -2.25. The summed E-state index contributed by atoms with van der Waals surface area (Å²) in [7, 11) is 1.92. The lowest BCUT2D eigenvalue weighted by atomic mass is 10.3. The summed E-state index contributed by atoms with van der Waals surface area (Å²) in [5.41, 5.74) is 6.74. The van der Waals surface area contributed by atoms with Gasteiger partial charge in [0.2, 0.25) is 5.95 Å². The molecule has 1 heterocycles. The van der Waals surface area contributed by atoms with Crippen molar-refractivity contribution in [2.45, 2.75) is 6.92 Å². The van der Waals surface area contributed by atoms with Crippen molar-refractivity contribution < 1.29 is 5.21 Å². The zero-order chi connectivity index (χ0) is 12.8. The van der Waals surface area contributed by atoms with E-state index in [4.69, 9.17) is 10.9 Å². The Morgan fingerprint density at radius 3 is 2.88 bits per heavy atom. The summed E-state index contributed by atoms with van der Waals surface area (Å²) in [6, 6.07) is 1.68. The molecule has 0 radical (unpaired) electrons. The standard InChI is InChI=1S/C10H17N5OS/c1-7-6-8(9(11)14-16)13-10(12-7)15(2)4-5-17-3/h6,16H,4-5H2,1-3H3,(H2,11,14). The van der Waals surface area contributed by atoms with E-state index in [1.165, 1.54) is 0 Å². The van der Waals surface area contributed by atoms with E-state index in [1.54, 1.807) is 17.8 Å². The van der Waals surface area contributed by atoms with E-state index in [1.807, 2.05) is 25.1 Å². The van der Waals surface area contributed by atoms with Crippen LogP contribution in [0.1, 0.15) is 11.4 Å². The van der Waals surface area contributed by atoms with Crippen molar-refractivity contribution in [1.82, 2.24) is 9.97 Å². The summed E-state index contributed by atoms with van der Waals surface area (Å²) in [5.74, 6) is 1.57. The molecule has 0 atom stereocenters. The molecule has 7 heteroatoms. The number of aromatic nitrogens is 2. The second kappa shape index (κ2) is 6.29. The second-order valence-corrected chi connectivity index (χ2v) is 4.58. The molecular weight excluding hydrogens is 238 g/mol. The van der Waals surface area contributed by atoms with Gasteiger partial charge in [-0.2, -0.15) is 11.8 Å². The molecule has 0 aliphatic heterocycles. The van der Waals surface area contributed by atoms with Gasteiger partial charge in [0, 0.05) is 25.0 Å². The largest absolute Gasteiger partial charge is 0.409 e. The Hall–Kier alpha value is -1.50. The van der Waals surface area contributed by atoms with Gasteiger partial charge >= 0.3 is 0 Å². The Morgan fingerprint density at radius 1 is 1.59 bits per heavy atom. The van der Waals surface area contributed by atoms with E-state index in [9.17, 15) is 0 Å². The minimum atomic E-state index is -0.00461.